The highest BCUT2D eigenvalue weighted by Gasteiger charge is 2.31. The molecule has 2 aliphatic carbocycles. The van der Waals surface area contributed by atoms with Gasteiger partial charge in [0.1, 0.15) is 17.2 Å². The summed E-state index contributed by atoms with van der Waals surface area (Å²) in [6.07, 6.45) is 11.8. The molecule has 0 atom stereocenters. The highest BCUT2D eigenvalue weighted by Crippen LogP contribution is 2.49. The van der Waals surface area contributed by atoms with Crippen LogP contribution in [0, 0.1) is 0 Å². The lowest BCUT2D eigenvalue weighted by atomic mass is 9.73. The summed E-state index contributed by atoms with van der Waals surface area (Å²) in [4.78, 5) is 0. The lowest BCUT2D eigenvalue weighted by molar-refractivity contribution is 0.412. The van der Waals surface area contributed by atoms with Gasteiger partial charge in [0.2, 0.25) is 0 Å². The fraction of sp³-hybridized carbons (Fsp3) is 0.514. The molecule has 214 valence electrons. The first kappa shape index (κ1) is 28.6. The first-order valence-electron chi connectivity index (χ1n) is 15.8. The molecule has 0 aromatic heterocycles. The molecule has 2 fully saturated rings. The number of phenolic OH excluding ortho intramolecular Hbond substituents is 3. The molecule has 0 spiro atoms. The molecule has 3 aromatic rings. The number of para-hydroxylation sites is 1. The van der Waals surface area contributed by atoms with Crippen molar-refractivity contribution >= 4 is 0 Å². The van der Waals surface area contributed by atoms with Crippen LogP contribution in [0.4, 0.5) is 0 Å². The summed E-state index contributed by atoms with van der Waals surface area (Å²) >= 11 is 0. The maximum atomic E-state index is 11.3. The Hall–Kier alpha value is -2.94. The Kier molecular flexibility index (Phi) is 8.78. The molecule has 3 N–H and O–H groups in total. The molecule has 0 amide bonds. The van der Waals surface area contributed by atoms with Gasteiger partial charge in [0.05, 0.1) is 0 Å². The molecule has 2 aliphatic rings. The Morgan fingerprint density at radius 3 is 1.32 bits per heavy atom. The Bertz CT molecular complexity index is 1230. The summed E-state index contributed by atoms with van der Waals surface area (Å²) in [6.45, 7) is 8.75. The Morgan fingerprint density at radius 1 is 0.500 bits per heavy atom. The van der Waals surface area contributed by atoms with E-state index >= 15 is 0 Å². The molecule has 0 unspecified atom stereocenters. The highest BCUT2D eigenvalue weighted by atomic mass is 16.3. The smallest absolute Gasteiger partial charge is 0.119 e. The van der Waals surface area contributed by atoms with Gasteiger partial charge in [0.25, 0.3) is 0 Å². The van der Waals surface area contributed by atoms with Gasteiger partial charge in [-0.1, -0.05) is 96.6 Å². The zero-order valence-electron chi connectivity index (χ0n) is 24.9. The normalized spacial score (nSPS) is 17.3. The average molecular weight is 541 g/mol. The minimum Gasteiger partial charge on any atom is -0.508 e. The zero-order chi connectivity index (χ0) is 28.4. The van der Waals surface area contributed by atoms with Crippen LogP contribution in [-0.4, -0.2) is 15.3 Å². The molecule has 3 heteroatoms. The van der Waals surface area contributed by atoms with Crippen molar-refractivity contribution in [3.8, 4) is 17.2 Å². The minimum atomic E-state index is -0.207. The van der Waals surface area contributed by atoms with Crippen LogP contribution in [0.25, 0.3) is 0 Å². The van der Waals surface area contributed by atoms with Gasteiger partial charge in [-0.15, -0.1) is 0 Å². The van der Waals surface area contributed by atoms with E-state index in [0.717, 1.165) is 64.6 Å². The number of aromatic hydroxyl groups is 3. The number of hydrogen-bond donors (Lipinski definition) is 3. The molecular weight excluding hydrogens is 492 g/mol. The van der Waals surface area contributed by atoms with E-state index in [9.17, 15) is 15.3 Å². The molecule has 0 heterocycles. The summed E-state index contributed by atoms with van der Waals surface area (Å²) in [5.41, 5.74) is 7.55. The Balaban J connectivity index is 1.79. The summed E-state index contributed by atoms with van der Waals surface area (Å²) < 4.78 is 0. The van der Waals surface area contributed by atoms with E-state index in [1.54, 1.807) is 6.07 Å². The van der Waals surface area contributed by atoms with Gasteiger partial charge in [-0.05, 0) is 101 Å². The van der Waals surface area contributed by atoms with Crippen LogP contribution in [0.1, 0.15) is 160 Å². The summed E-state index contributed by atoms with van der Waals surface area (Å²) in [7, 11) is 0. The number of benzene rings is 3. The van der Waals surface area contributed by atoms with Gasteiger partial charge < -0.3 is 15.3 Å². The van der Waals surface area contributed by atoms with Gasteiger partial charge in [0.15, 0.2) is 0 Å². The maximum absolute atomic E-state index is 11.3. The molecule has 3 nitrogen and oxygen atoms in total. The first-order chi connectivity index (χ1) is 19.3. The Labute approximate surface area is 241 Å². The van der Waals surface area contributed by atoms with E-state index in [2.05, 4.69) is 45.9 Å². The summed E-state index contributed by atoms with van der Waals surface area (Å²) in [5.74, 6) is 2.03. The average Bonchev–Trinajstić information content (AvgIpc) is 2.95. The Morgan fingerprint density at radius 2 is 0.925 bits per heavy atom. The molecule has 5 rings (SSSR count). The minimum absolute atomic E-state index is 0.201. The topological polar surface area (TPSA) is 60.7 Å². The summed E-state index contributed by atoms with van der Waals surface area (Å²) in [5, 5.41) is 33.9. The third-order valence-corrected chi connectivity index (χ3v) is 9.67. The largest absolute Gasteiger partial charge is 0.508 e. The second kappa shape index (κ2) is 12.3. The molecule has 0 bridgehead atoms. The lowest BCUT2D eigenvalue weighted by Gasteiger charge is -2.31. The van der Waals surface area contributed by atoms with Crippen molar-refractivity contribution in [2.75, 3.05) is 0 Å². The molecule has 40 heavy (non-hydrogen) atoms. The van der Waals surface area contributed by atoms with Crippen LogP contribution in [0.15, 0.2) is 48.5 Å². The predicted molar refractivity (Wildman–Crippen MR) is 165 cm³/mol. The van der Waals surface area contributed by atoms with E-state index in [4.69, 9.17) is 0 Å². The van der Waals surface area contributed by atoms with Gasteiger partial charge in [-0.25, -0.2) is 0 Å². The van der Waals surface area contributed by atoms with Gasteiger partial charge in [-0.2, -0.15) is 0 Å². The van der Waals surface area contributed by atoms with Crippen LogP contribution >= 0.6 is 0 Å². The second-order valence-corrected chi connectivity index (χ2v) is 13.1. The number of hydrogen-bond acceptors (Lipinski definition) is 3. The van der Waals surface area contributed by atoms with E-state index < -0.39 is 0 Å². The standard InChI is InChI=1S/C37H48O3/c1-23(2)28-21-35(39)30(25-13-7-5-8-14-25)19-32(28)37(27-17-11-12-18-34(27)38)33-20-31(26-15-9-6-10-16-26)36(40)22-29(33)24(3)4/h11-12,17-26,37-40H,5-10,13-16H2,1-4H3. The van der Waals surface area contributed by atoms with Crippen molar-refractivity contribution in [3.63, 3.8) is 0 Å². The van der Waals surface area contributed by atoms with Crippen LogP contribution in [0.5, 0.6) is 17.2 Å². The highest BCUT2D eigenvalue weighted by molar-refractivity contribution is 5.59. The van der Waals surface area contributed by atoms with Crippen LogP contribution in [0.3, 0.4) is 0 Å². The third kappa shape index (κ3) is 5.76. The molecule has 0 aliphatic heterocycles. The SMILES string of the molecule is CC(C)c1cc(O)c(C2CCCCC2)cc1C(c1ccccc1O)c1cc(C2CCCCC2)c(O)cc1C(C)C. The lowest BCUT2D eigenvalue weighted by Crippen LogP contribution is -2.15. The van der Waals surface area contributed by atoms with E-state index in [-0.39, 0.29) is 23.5 Å². The molecule has 0 saturated heterocycles. The quantitative estimate of drug-likeness (QED) is 0.261. The van der Waals surface area contributed by atoms with Gasteiger partial charge >= 0.3 is 0 Å². The van der Waals surface area contributed by atoms with Gasteiger partial charge in [-0.3, -0.25) is 0 Å². The molecule has 3 aromatic carbocycles. The zero-order valence-corrected chi connectivity index (χ0v) is 24.9. The fourth-order valence-electron chi connectivity index (χ4n) is 7.49. The van der Waals surface area contributed by atoms with Crippen LogP contribution in [0.2, 0.25) is 0 Å². The van der Waals surface area contributed by atoms with Crippen molar-refractivity contribution < 1.29 is 15.3 Å². The first-order valence-corrected chi connectivity index (χ1v) is 15.8. The van der Waals surface area contributed by atoms with Crippen molar-refractivity contribution in [2.45, 2.75) is 121 Å². The number of phenols is 3. The van der Waals surface area contributed by atoms with E-state index in [0.29, 0.717) is 23.3 Å². The van der Waals surface area contributed by atoms with Gasteiger partial charge in [0, 0.05) is 11.5 Å². The predicted octanol–water partition coefficient (Wildman–Crippen LogP) is 10.3. The molecule has 0 radical (unpaired) electrons. The second-order valence-electron chi connectivity index (χ2n) is 13.1. The van der Waals surface area contributed by atoms with E-state index in [1.807, 2.05) is 24.3 Å². The molecular formula is C37H48O3. The monoisotopic (exact) mass is 540 g/mol. The van der Waals surface area contributed by atoms with E-state index in [1.165, 1.54) is 38.5 Å². The summed E-state index contributed by atoms with van der Waals surface area (Å²) in [6, 6.07) is 16.3. The van der Waals surface area contributed by atoms with Crippen molar-refractivity contribution in [3.05, 3.63) is 87.5 Å². The third-order valence-electron chi connectivity index (χ3n) is 9.67. The van der Waals surface area contributed by atoms with Crippen LogP contribution in [-0.2, 0) is 0 Å². The maximum Gasteiger partial charge on any atom is 0.119 e. The van der Waals surface area contributed by atoms with Crippen molar-refractivity contribution in [2.24, 2.45) is 0 Å². The molecule has 2 saturated carbocycles. The van der Waals surface area contributed by atoms with Crippen molar-refractivity contribution in [1.29, 1.82) is 0 Å². The fourth-order valence-corrected chi connectivity index (χ4v) is 7.49. The van der Waals surface area contributed by atoms with Crippen molar-refractivity contribution in [1.82, 2.24) is 0 Å². The van der Waals surface area contributed by atoms with Crippen LogP contribution < -0.4 is 0 Å². The number of rotatable bonds is 7.